The Bertz CT molecular complexity index is 958. The minimum atomic E-state index is -2.08. The average molecular weight is 404 g/mol. The molecular weight excluding hydrogens is 373 g/mol. The van der Waals surface area contributed by atoms with Gasteiger partial charge in [0, 0.05) is 18.9 Å². The van der Waals surface area contributed by atoms with Gasteiger partial charge in [-0.15, -0.1) is 0 Å². The highest BCUT2D eigenvalue weighted by Gasteiger charge is 2.46. The Labute approximate surface area is 167 Å². The number of ether oxygens (including phenoxy) is 1. The highest BCUT2D eigenvalue weighted by Crippen LogP contribution is 2.46. The molecule has 0 radical (unpaired) electrons. The normalized spacial score (nSPS) is 20.3. The van der Waals surface area contributed by atoms with E-state index in [1.54, 1.807) is 6.07 Å². The number of hydrogen-bond acceptors (Lipinski definition) is 5. The number of hydrogen-bond donors (Lipinski definition) is 2. The second-order valence-corrected chi connectivity index (χ2v) is 14.3. The number of carbonyl (C=O) groups is 1. The molecule has 152 valence electrons. The van der Waals surface area contributed by atoms with Crippen LogP contribution in [0.1, 0.15) is 50.0 Å². The van der Waals surface area contributed by atoms with E-state index >= 15 is 0 Å². The van der Waals surface area contributed by atoms with Gasteiger partial charge < -0.3 is 19.4 Å². The van der Waals surface area contributed by atoms with E-state index in [0.29, 0.717) is 23.1 Å². The zero-order valence-corrected chi connectivity index (χ0v) is 18.8. The summed E-state index contributed by atoms with van der Waals surface area (Å²) in [5.41, 5.74) is 0.424. The third-order valence-corrected chi connectivity index (χ3v) is 10.8. The number of Topliss-reactive ketones (excluding diaryl/α,β-unsaturated/α-hetero) is 1. The lowest BCUT2D eigenvalue weighted by atomic mass is 9.79. The third-order valence-electron chi connectivity index (χ3n) is 6.17. The summed E-state index contributed by atoms with van der Waals surface area (Å²) >= 11 is 0. The molecule has 2 aromatic rings. The van der Waals surface area contributed by atoms with Crippen molar-refractivity contribution in [2.24, 2.45) is 0 Å². The molecule has 5 nitrogen and oxygen atoms in total. The predicted octanol–water partition coefficient (Wildman–Crippen LogP) is 5.17. The Morgan fingerprint density at radius 2 is 1.75 bits per heavy atom. The van der Waals surface area contributed by atoms with E-state index in [0.717, 1.165) is 5.56 Å². The first-order valence-electron chi connectivity index (χ1n) is 9.57. The third kappa shape index (κ3) is 3.39. The lowest BCUT2D eigenvalue weighted by molar-refractivity contribution is 0.0491. The minimum Gasteiger partial charge on any atom is -0.507 e. The molecule has 0 spiro atoms. The molecule has 0 aromatic heterocycles. The van der Waals surface area contributed by atoms with E-state index in [9.17, 15) is 15.0 Å². The average Bonchev–Trinajstić information content (AvgIpc) is 2.51. The Morgan fingerprint density at radius 3 is 2.32 bits per heavy atom. The van der Waals surface area contributed by atoms with E-state index < -0.39 is 13.9 Å². The number of benzene rings is 2. The summed E-state index contributed by atoms with van der Waals surface area (Å²) in [5, 5.41) is 22.1. The van der Waals surface area contributed by atoms with Crippen molar-refractivity contribution in [3.63, 3.8) is 0 Å². The zero-order valence-electron chi connectivity index (χ0n) is 17.8. The van der Waals surface area contributed by atoms with Crippen molar-refractivity contribution in [3.05, 3.63) is 29.3 Å². The van der Waals surface area contributed by atoms with Gasteiger partial charge in [-0.25, -0.2) is 0 Å². The van der Waals surface area contributed by atoms with Gasteiger partial charge in [0.2, 0.25) is 0 Å². The summed E-state index contributed by atoms with van der Waals surface area (Å²) < 4.78 is 11.9. The van der Waals surface area contributed by atoms with Gasteiger partial charge in [-0.2, -0.15) is 0 Å². The first-order chi connectivity index (χ1) is 12.8. The standard InChI is InChI=1S/C22H30O5Si/c1-21(2,3)28(6,7)27-22(4)11-14-8-13-9-15(26-5)10-16(23)18(13)20(25)19(14)17(24)12-22/h8-10,23,25H,11-12H2,1-7H3/t22-/m0/s1/i5+1. The molecule has 3 rings (SSSR count). The SMILES string of the molecule is CC(C)(C)[Si](C)(C)O[C@]1(C)CC(=O)c2c(cc3cc(O[13CH3])cc(O)c3c2O)C1. The summed E-state index contributed by atoms with van der Waals surface area (Å²) in [7, 11) is -0.561. The van der Waals surface area contributed by atoms with Crippen LogP contribution in [0.2, 0.25) is 18.1 Å². The van der Waals surface area contributed by atoms with Crippen LogP contribution in [0.15, 0.2) is 18.2 Å². The van der Waals surface area contributed by atoms with Gasteiger partial charge in [-0.3, -0.25) is 4.79 Å². The quantitative estimate of drug-likeness (QED) is 0.546. The minimum absolute atomic E-state index is 0.0318. The molecule has 1 aliphatic rings. The highest BCUT2D eigenvalue weighted by molar-refractivity contribution is 6.74. The molecule has 1 aliphatic carbocycles. The monoisotopic (exact) mass is 403 g/mol. The zero-order chi connectivity index (χ0) is 21.1. The topological polar surface area (TPSA) is 76.0 Å². The van der Waals surface area contributed by atoms with Crippen molar-refractivity contribution in [2.45, 2.75) is 64.3 Å². The van der Waals surface area contributed by atoms with Gasteiger partial charge >= 0.3 is 0 Å². The first-order valence-corrected chi connectivity index (χ1v) is 12.5. The fraction of sp³-hybridized carbons (Fsp3) is 0.500. The molecule has 1 atom stereocenters. The lowest BCUT2D eigenvalue weighted by Gasteiger charge is -2.45. The van der Waals surface area contributed by atoms with E-state index in [1.807, 2.05) is 13.0 Å². The second-order valence-electron chi connectivity index (χ2n) is 9.59. The molecule has 2 aromatic carbocycles. The number of rotatable bonds is 3. The molecule has 2 N–H and O–H groups in total. The van der Waals surface area contributed by atoms with Crippen molar-refractivity contribution in [3.8, 4) is 17.2 Å². The Balaban J connectivity index is 2.12. The van der Waals surface area contributed by atoms with Gasteiger partial charge in [-0.1, -0.05) is 20.8 Å². The van der Waals surface area contributed by atoms with E-state index in [-0.39, 0.29) is 34.1 Å². The summed E-state index contributed by atoms with van der Waals surface area (Å²) in [6.45, 7) is 12.9. The maximum Gasteiger partial charge on any atom is 0.192 e. The van der Waals surface area contributed by atoms with Crippen LogP contribution in [0, 0.1) is 0 Å². The second kappa shape index (κ2) is 6.49. The molecule has 28 heavy (non-hydrogen) atoms. The molecule has 0 saturated heterocycles. The number of methoxy groups -OCH3 is 1. The fourth-order valence-corrected chi connectivity index (χ4v) is 5.52. The maximum absolute atomic E-state index is 13.0. The Morgan fingerprint density at radius 1 is 1.11 bits per heavy atom. The van der Waals surface area contributed by atoms with Crippen LogP contribution in [0.25, 0.3) is 10.8 Å². The van der Waals surface area contributed by atoms with Crippen molar-refractivity contribution in [1.82, 2.24) is 0 Å². The molecule has 6 heteroatoms. The fourth-order valence-electron chi connectivity index (χ4n) is 3.83. The van der Waals surface area contributed by atoms with Crippen LogP contribution >= 0.6 is 0 Å². The lowest BCUT2D eigenvalue weighted by Crippen LogP contribution is -2.51. The van der Waals surface area contributed by atoms with Crippen LogP contribution in [0.5, 0.6) is 17.2 Å². The number of ketones is 1. The highest BCUT2D eigenvalue weighted by atomic mass is 28.4. The molecular formula is C22H30O5Si. The number of carbonyl (C=O) groups excluding carboxylic acids is 1. The Hall–Kier alpha value is -2.05. The summed E-state index contributed by atoms with van der Waals surface area (Å²) in [4.78, 5) is 13.0. The van der Waals surface area contributed by atoms with Gasteiger partial charge in [0.05, 0.1) is 23.7 Å². The van der Waals surface area contributed by atoms with E-state index in [4.69, 9.17) is 9.16 Å². The summed E-state index contributed by atoms with van der Waals surface area (Å²) in [6, 6.07) is 5.05. The number of phenolic OH excluding ortho intramolecular Hbond substituents is 2. The van der Waals surface area contributed by atoms with E-state index in [1.165, 1.54) is 13.2 Å². The van der Waals surface area contributed by atoms with Crippen molar-refractivity contribution in [2.75, 3.05) is 7.11 Å². The van der Waals surface area contributed by atoms with Crippen LogP contribution in [-0.4, -0.2) is 37.0 Å². The maximum atomic E-state index is 13.0. The number of fused-ring (bicyclic) bond motifs is 2. The molecule has 0 bridgehead atoms. The largest absolute Gasteiger partial charge is 0.507 e. The van der Waals surface area contributed by atoms with Gasteiger partial charge in [0.15, 0.2) is 14.1 Å². The molecule has 0 fully saturated rings. The molecule has 0 unspecified atom stereocenters. The van der Waals surface area contributed by atoms with Crippen LogP contribution < -0.4 is 4.74 Å². The molecule has 0 aliphatic heterocycles. The number of aromatic hydroxyl groups is 2. The van der Waals surface area contributed by atoms with Gasteiger partial charge in [0.25, 0.3) is 0 Å². The Kier molecular flexibility index (Phi) is 4.79. The van der Waals surface area contributed by atoms with Crippen molar-refractivity contribution >= 4 is 24.9 Å². The van der Waals surface area contributed by atoms with Gasteiger partial charge in [-0.05, 0) is 48.1 Å². The van der Waals surface area contributed by atoms with Crippen LogP contribution in [-0.2, 0) is 10.8 Å². The van der Waals surface area contributed by atoms with Crippen LogP contribution in [0.3, 0.4) is 0 Å². The summed E-state index contributed by atoms with van der Waals surface area (Å²) in [6.07, 6.45) is 0.741. The van der Waals surface area contributed by atoms with E-state index in [2.05, 4.69) is 33.9 Å². The molecule has 0 amide bonds. The first kappa shape index (κ1) is 20.7. The van der Waals surface area contributed by atoms with Crippen molar-refractivity contribution < 1.29 is 24.2 Å². The van der Waals surface area contributed by atoms with Crippen molar-refractivity contribution in [1.29, 1.82) is 0 Å². The number of phenols is 2. The van der Waals surface area contributed by atoms with Gasteiger partial charge in [0.1, 0.15) is 17.2 Å². The predicted molar refractivity (Wildman–Crippen MR) is 113 cm³/mol. The van der Waals surface area contributed by atoms with Crippen LogP contribution in [0.4, 0.5) is 0 Å². The molecule has 0 saturated carbocycles. The molecule has 0 heterocycles. The summed E-state index contributed by atoms with van der Waals surface area (Å²) in [5.74, 6) is 0.0733. The smallest absolute Gasteiger partial charge is 0.192 e.